The number of benzene rings is 1. The largest absolute Gasteiger partial charge is 0.370 e. The maximum absolute atomic E-state index is 11.9. The van der Waals surface area contributed by atoms with Crippen LogP contribution < -0.4 is 10.5 Å². The van der Waals surface area contributed by atoms with Gasteiger partial charge in [0.05, 0.1) is 4.90 Å². The Balaban J connectivity index is 2.82. The molecule has 0 bridgehead atoms. The van der Waals surface area contributed by atoms with Crippen molar-refractivity contribution in [2.75, 3.05) is 0 Å². The Morgan fingerprint density at radius 3 is 2.41 bits per heavy atom. The Morgan fingerprint density at radius 1 is 1.41 bits per heavy atom. The zero-order chi connectivity index (χ0) is 13.1. The summed E-state index contributed by atoms with van der Waals surface area (Å²) in [5.41, 5.74) is 4.99. The molecule has 17 heavy (non-hydrogen) atoms. The molecule has 0 saturated heterocycles. The third kappa shape index (κ3) is 4.45. The number of sulfonamides is 1. The van der Waals surface area contributed by atoms with Gasteiger partial charge in [-0.1, -0.05) is 15.9 Å². The Labute approximate surface area is 109 Å². The smallest absolute Gasteiger partial charge is 0.240 e. The normalized spacial score (nSPS) is 13.3. The van der Waals surface area contributed by atoms with Gasteiger partial charge in [0.15, 0.2) is 0 Å². The first-order chi connectivity index (χ1) is 7.81. The van der Waals surface area contributed by atoms with Crippen molar-refractivity contribution in [3.63, 3.8) is 0 Å². The molecule has 0 heterocycles. The van der Waals surface area contributed by atoms with E-state index in [-0.39, 0.29) is 11.3 Å². The predicted octanol–water partition coefficient (Wildman–Crippen LogP) is 0.991. The molecule has 1 atom stereocenters. The molecule has 0 fully saturated rings. The number of halogens is 1. The maximum atomic E-state index is 11.9. The Morgan fingerprint density at radius 2 is 1.94 bits per heavy atom. The average Bonchev–Trinajstić information content (AvgIpc) is 2.15. The third-order valence-electron chi connectivity index (χ3n) is 1.99. The van der Waals surface area contributed by atoms with Gasteiger partial charge in [-0.25, -0.2) is 13.1 Å². The summed E-state index contributed by atoms with van der Waals surface area (Å²) in [5, 5.41) is 0. The molecular weight excluding hydrogens is 308 g/mol. The number of hydrogen-bond donors (Lipinski definition) is 2. The van der Waals surface area contributed by atoms with Crippen LogP contribution in [0.4, 0.5) is 0 Å². The second-order valence-electron chi connectivity index (χ2n) is 3.65. The Hall–Kier alpha value is -0.920. The molecule has 0 aromatic heterocycles. The molecule has 0 radical (unpaired) electrons. The van der Waals surface area contributed by atoms with Crippen LogP contribution in [0.25, 0.3) is 0 Å². The molecule has 1 aromatic carbocycles. The SMILES string of the molecule is CC(CC(N)=O)NS(=O)(=O)c1ccc(Br)cc1. The molecule has 0 aliphatic carbocycles. The van der Waals surface area contributed by atoms with Crippen molar-refractivity contribution in [1.29, 1.82) is 0 Å². The number of nitrogens with two attached hydrogens (primary N) is 1. The highest BCUT2D eigenvalue weighted by molar-refractivity contribution is 9.10. The van der Waals surface area contributed by atoms with Gasteiger partial charge in [0, 0.05) is 16.9 Å². The molecule has 1 unspecified atom stereocenters. The predicted molar refractivity (Wildman–Crippen MR) is 67.7 cm³/mol. The highest BCUT2D eigenvalue weighted by atomic mass is 79.9. The molecule has 1 rings (SSSR count). The molecule has 5 nitrogen and oxygen atoms in total. The van der Waals surface area contributed by atoms with Crippen molar-refractivity contribution in [3.8, 4) is 0 Å². The second kappa shape index (κ2) is 5.61. The lowest BCUT2D eigenvalue weighted by molar-refractivity contribution is -0.118. The van der Waals surface area contributed by atoms with E-state index >= 15 is 0 Å². The minimum atomic E-state index is -3.60. The Bertz CT molecular complexity index is 499. The molecule has 7 heteroatoms. The minimum Gasteiger partial charge on any atom is -0.370 e. The fourth-order valence-electron chi connectivity index (χ4n) is 1.29. The monoisotopic (exact) mass is 320 g/mol. The van der Waals surface area contributed by atoms with Crippen molar-refractivity contribution < 1.29 is 13.2 Å². The Kier molecular flexibility index (Phi) is 4.67. The van der Waals surface area contributed by atoms with E-state index in [1.165, 1.54) is 12.1 Å². The molecule has 0 spiro atoms. The van der Waals surface area contributed by atoms with Gasteiger partial charge in [-0.2, -0.15) is 0 Å². The highest BCUT2D eigenvalue weighted by Gasteiger charge is 2.18. The maximum Gasteiger partial charge on any atom is 0.240 e. The number of nitrogens with one attached hydrogen (secondary N) is 1. The standard InChI is InChI=1S/C10H13BrN2O3S/c1-7(6-10(12)14)13-17(15,16)9-4-2-8(11)3-5-9/h2-5,7,13H,6H2,1H3,(H2,12,14). The molecule has 0 aliphatic heterocycles. The molecule has 1 amide bonds. The van der Waals surface area contributed by atoms with Crippen LogP contribution in [0.2, 0.25) is 0 Å². The number of carbonyl (C=O) groups excluding carboxylic acids is 1. The van der Waals surface area contributed by atoms with Gasteiger partial charge in [0.1, 0.15) is 0 Å². The average molecular weight is 321 g/mol. The summed E-state index contributed by atoms with van der Waals surface area (Å²) in [5.74, 6) is -0.545. The van der Waals surface area contributed by atoms with Gasteiger partial charge >= 0.3 is 0 Å². The van der Waals surface area contributed by atoms with E-state index < -0.39 is 22.0 Å². The van der Waals surface area contributed by atoms with E-state index in [1.807, 2.05) is 0 Å². The zero-order valence-electron chi connectivity index (χ0n) is 9.18. The first kappa shape index (κ1) is 14.1. The van der Waals surface area contributed by atoms with E-state index in [0.717, 1.165) is 4.47 Å². The lowest BCUT2D eigenvalue weighted by Gasteiger charge is -2.12. The number of amides is 1. The van der Waals surface area contributed by atoms with Crippen LogP contribution in [0.3, 0.4) is 0 Å². The van der Waals surface area contributed by atoms with Gasteiger partial charge in [-0.3, -0.25) is 4.79 Å². The van der Waals surface area contributed by atoms with Crippen molar-refractivity contribution >= 4 is 31.9 Å². The van der Waals surface area contributed by atoms with E-state index in [9.17, 15) is 13.2 Å². The molecule has 1 aromatic rings. The van der Waals surface area contributed by atoms with Gasteiger partial charge in [0.25, 0.3) is 0 Å². The molecule has 3 N–H and O–H groups in total. The topological polar surface area (TPSA) is 89.3 Å². The molecular formula is C10H13BrN2O3S. The van der Waals surface area contributed by atoms with Crippen molar-refractivity contribution in [1.82, 2.24) is 4.72 Å². The lowest BCUT2D eigenvalue weighted by Crippen LogP contribution is -2.35. The van der Waals surface area contributed by atoms with Crippen LogP contribution >= 0.6 is 15.9 Å². The minimum absolute atomic E-state index is 0.0320. The van der Waals surface area contributed by atoms with E-state index in [0.29, 0.717) is 0 Å². The first-order valence-corrected chi connectivity index (χ1v) is 7.15. The van der Waals surface area contributed by atoms with Crippen molar-refractivity contribution in [2.24, 2.45) is 5.73 Å². The molecule has 0 saturated carbocycles. The van der Waals surface area contributed by atoms with Crippen LogP contribution in [-0.2, 0) is 14.8 Å². The summed E-state index contributed by atoms with van der Waals surface area (Å²) in [6.45, 7) is 1.58. The first-order valence-electron chi connectivity index (χ1n) is 4.87. The summed E-state index contributed by atoms with van der Waals surface area (Å²) in [6, 6.07) is 5.69. The van der Waals surface area contributed by atoms with Crippen LogP contribution in [0.5, 0.6) is 0 Å². The van der Waals surface area contributed by atoms with Crippen LogP contribution in [0.1, 0.15) is 13.3 Å². The quantitative estimate of drug-likeness (QED) is 0.847. The number of hydrogen-bond acceptors (Lipinski definition) is 3. The summed E-state index contributed by atoms with van der Waals surface area (Å²) in [7, 11) is -3.60. The fourth-order valence-corrected chi connectivity index (χ4v) is 2.80. The van der Waals surface area contributed by atoms with Crippen LogP contribution in [0.15, 0.2) is 33.6 Å². The van der Waals surface area contributed by atoms with E-state index in [2.05, 4.69) is 20.7 Å². The van der Waals surface area contributed by atoms with Gasteiger partial charge in [-0.05, 0) is 31.2 Å². The summed E-state index contributed by atoms with van der Waals surface area (Å²) >= 11 is 3.22. The van der Waals surface area contributed by atoms with E-state index in [1.54, 1.807) is 19.1 Å². The molecule has 94 valence electrons. The third-order valence-corrected chi connectivity index (χ3v) is 4.12. The number of rotatable bonds is 5. The fraction of sp³-hybridized carbons (Fsp3) is 0.300. The van der Waals surface area contributed by atoms with Crippen molar-refractivity contribution in [3.05, 3.63) is 28.7 Å². The second-order valence-corrected chi connectivity index (χ2v) is 6.28. The number of primary amides is 1. The van der Waals surface area contributed by atoms with Gasteiger partial charge < -0.3 is 5.73 Å². The molecule has 0 aliphatic rings. The summed E-state index contributed by atoms with van der Waals surface area (Å²) < 4.78 is 26.9. The highest BCUT2D eigenvalue weighted by Crippen LogP contribution is 2.15. The zero-order valence-corrected chi connectivity index (χ0v) is 11.6. The van der Waals surface area contributed by atoms with Gasteiger partial charge in [-0.15, -0.1) is 0 Å². The van der Waals surface area contributed by atoms with Crippen LogP contribution in [0, 0.1) is 0 Å². The lowest BCUT2D eigenvalue weighted by atomic mass is 10.2. The van der Waals surface area contributed by atoms with E-state index in [4.69, 9.17) is 5.73 Å². The summed E-state index contributed by atoms with van der Waals surface area (Å²) in [6.07, 6.45) is -0.0320. The number of carbonyl (C=O) groups is 1. The van der Waals surface area contributed by atoms with Crippen LogP contribution in [-0.4, -0.2) is 20.4 Å². The van der Waals surface area contributed by atoms with Gasteiger partial charge in [0.2, 0.25) is 15.9 Å². The summed E-state index contributed by atoms with van der Waals surface area (Å²) in [4.78, 5) is 10.8. The van der Waals surface area contributed by atoms with Crippen molar-refractivity contribution in [2.45, 2.75) is 24.3 Å².